The van der Waals surface area contributed by atoms with Crippen LogP contribution in [0.2, 0.25) is 0 Å². The quantitative estimate of drug-likeness (QED) is 0.774. The van der Waals surface area contributed by atoms with Gasteiger partial charge in [-0.05, 0) is 55.3 Å². The van der Waals surface area contributed by atoms with E-state index in [0.29, 0.717) is 19.0 Å². The molecule has 1 aliphatic rings. The standard InChI is InChI=1S/C21H33N7O/c1-17(2)11-14-28-19(23-24-25-28)21(26(3)4)12-8-13-27(16-21)20(29)22-15-18-9-6-5-7-10-18/h5-7,9-10,17H,8,11-16H2,1-4H3,(H,22,29). The molecule has 1 aromatic heterocycles. The minimum Gasteiger partial charge on any atom is -0.334 e. The lowest BCUT2D eigenvalue weighted by molar-refractivity contribution is 0.0455. The number of likely N-dealkylation sites (tertiary alicyclic amines) is 1. The van der Waals surface area contributed by atoms with Crippen molar-refractivity contribution in [1.29, 1.82) is 0 Å². The fourth-order valence-corrected chi connectivity index (χ4v) is 3.91. The summed E-state index contributed by atoms with van der Waals surface area (Å²) in [4.78, 5) is 17.0. The first-order valence-corrected chi connectivity index (χ1v) is 10.4. The molecule has 1 aliphatic heterocycles. The van der Waals surface area contributed by atoms with Crippen molar-refractivity contribution in [2.75, 3.05) is 27.2 Å². The van der Waals surface area contributed by atoms with Crippen LogP contribution in [0.1, 0.15) is 44.5 Å². The van der Waals surface area contributed by atoms with E-state index in [1.807, 2.05) is 54.0 Å². The topological polar surface area (TPSA) is 79.2 Å². The Labute approximate surface area is 173 Å². The molecule has 158 valence electrons. The summed E-state index contributed by atoms with van der Waals surface area (Å²) in [5.74, 6) is 1.43. The lowest BCUT2D eigenvalue weighted by Gasteiger charge is -2.45. The van der Waals surface area contributed by atoms with Gasteiger partial charge in [0.1, 0.15) is 5.54 Å². The maximum atomic E-state index is 12.9. The molecule has 29 heavy (non-hydrogen) atoms. The van der Waals surface area contributed by atoms with Crippen LogP contribution in [0.25, 0.3) is 0 Å². The molecule has 2 amide bonds. The molecule has 0 spiro atoms. The highest BCUT2D eigenvalue weighted by Crippen LogP contribution is 2.34. The molecule has 8 heteroatoms. The van der Waals surface area contributed by atoms with Crippen molar-refractivity contribution in [2.45, 2.75) is 51.7 Å². The molecule has 1 unspecified atom stereocenters. The van der Waals surface area contributed by atoms with Crippen LogP contribution in [0.5, 0.6) is 0 Å². The van der Waals surface area contributed by atoms with Crippen LogP contribution in [0, 0.1) is 5.92 Å². The van der Waals surface area contributed by atoms with Crippen molar-refractivity contribution < 1.29 is 4.79 Å². The number of likely N-dealkylation sites (N-methyl/N-ethyl adjacent to an activating group) is 1. The van der Waals surface area contributed by atoms with Gasteiger partial charge in [-0.2, -0.15) is 0 Å². The van der Waals surface area contributed by atoms with Crippen LogP contribution in [-0.2, 0) is 18.6 Å². The number of benzene rings is 1. The van der Waals surface area contributed by atoms with Crippen molar-refractivity contribution in [3.8, 4) is 0 Å². The van der Waals surface area contributed by atoms with E-state index in [2.05, 4.69) is 39.6 Å². The highest BCUT2D eigenvalue weighted by atomic mass is 16.2. The lowest BCUT2D eigenvalue weighted by Crippen LogP contribution is -2.58. The number of hydrogen-bond acceptors (Lipinski definition) is 5. The largest absolute Gasteiger partial charge is 0.334 e. The zero-order valence-corrected chi connectivity index (χ0v) is 18.0. The molecule has 0 aliphatic carbocycles. The SMILES string of the molecule is CC(C)CCn1nnnc1C1(N(C)C)CCCN(C(=O)NCc2ccccc2)C1. The highest BCUT2D eigenvalue weighted by Gasteiger charge is 2.44. The average Bonchev–Trinajstić information content (AvgIpc) is 3.20. The van der Waals surface area contributed by atoms with E-state index in [1.54, 1.807) is 0 Å². The molecule has 2 heterocycles. The normalized spacial score (nSPS) is 19.7. The Morgan fingerprint density at radius 3 is 2.72 bits per heavy atom. The number of rotatable bonds is 7. The van der Waals surface area contributed by atoms with Crippen molar-refractivity contribution in [3.05, 3.63) is 41.7 Å². The molecule has 1 atom stereocenters. The van der Waals surface area contributed by atoms with Crippen LogP contribution >= 0.6 is 0 Å². The predicted molar refractivity (Wildman–Crippen MR) is 112 cm³/mol. The van der Waals surface area contributed by atoms with Gasteiger partial charge in [0.05, 0.1) is 0 Å². The van der Waals surface area contributed by atoms with Gasteiger partial charge < -0.3 is 10.2 Å². The van der Waals surface area contributed by atoms with Crippen LogP contribution in [-0.4, -0.2) is 63.2 Å². The van der Waals surface area contributed by atoms with E-state index in [1.165, 1.54) is 0 Å². The summed E-state index contributed by atoms with van der Waals surface area (Å²) in [5.41, 5.74) is 0.706. The van der Waals surface area contributed by atoms with Gasteiger partial charge in [0.2, 0.25) is 0 Å². The number of urea groups is 1. The van der Waals surface area contributed by atoms with Gasteiger partial charge in [0, 0.05) is 26.2 Å². The van der Waals surface area contributed by atoms with E-state index in [0.717, 1.165) is 43.7 Å². The van der Waals surface area contributed by atoms with Crippen molar-refractivity contribution in [2.24, 2.45) is 5.92 Å². The van der Waals surface area contributed by atoms with Crippen LogP contribution in [0.3, 0.4) is 0 Å². The summed E-state index contributed by atoms with van der Waals surface area (Å²) >= 11 is 0. The second kappa shape index (κ2) is 9.35. The molecule has 0 bridgehead atoms. The molecular weight excluding hydrogens is 366 g/mol. The van der Waals surface area contributed by atoms with Gasteiger partial charge in [-0.15, -0.1) is 5.10 Å². The van der Waals surface area contributed by atoms with Gasteiger partial charge >= 0.3 is 6.03 Å². The van der Waals surface area contributed by atoms with Gasteiger partial charge in [0.15, 0.2) is 5.82 Å². The first kappa shape index (κ1) is 21.2. The van der Waals surface area contributed by atoms with Crippen LogP contribution in [0.15, 0.2) is 30.3 Å². The number of aryl methyl sites for hydroxylation is 1. The smallest absolute Gasteiger partial charge is 0.317 e. The Morgan fingerprint density at radius 2 is 2.03 bits per heavy atom. The predicted octanol–water partition coefficient (Wildman–Crippen LogP) is 2.48. The van der Waals surface area contributed by atoms with Gasteiger partial charge in [-0.3, -0.25) is 4.90 Å². The monoisotopic (exact) mass is 399 g/mol. The molecule has 8 nitrogen and oxygen atoms in total. The third-order valence-electron chi connectivity index (χ3n) is 5.77. The maximum absolute atomic E-state index is 12.9. The molecule has 3 rings (SSSR count). The van der Waals surface area contributed by atoms with Crippen LogP contribution < -0.4 is 5.32 Å². The molecular formula is C21H33N7O. The van der Waals surface area contributed by atoms with Crippen LogP contribution in [0.4, 0.5) is 4.79 Å². The van der Waals surface area contributed by atoms with Gasteiger partial charge in [-0.1, -0.05) is 44.2 Å². The van der Waals surface area contributed by atoms with E-state index in [4.69, 9.17) is 0 Å². The number of tetrazole rings is 1. The minimum atomic E-state index is -0.386. The number of aromatic nitrogens is 4. The molecule has 1 saturated heterocycles. The summed E-state index contributed by atoms with van der Waals surface area (Å²) in [6.45, 7) is 7.02. The van der Waals surface area contributed by atoms with E-state index >= 15 is 0 Å². The highest BCUT2D eigenvalue weighted by molar-refractivity contribution is 5.74. The molecule has 1 aromatic carbocycles. The zero-order chi connectivity index (χ0) is 20.9. The molecule has 1 N–H and O–H groups in total. The number of piperidine rings is 1. The number of carbonyl (C=O) groups excluding carboxylic acids is 1. The number of nitrogens with one attached hydrogen (secondary N) is 1. The minimum absolute atomic E-state index is 0.0408. The third kappa shape index (κ3) is 4.93. The number of amides is 2. The van der Waals surface area contributed by atoms with E-state index in [9.17, 15) is 4.79 Å². The number of hydrogen-bond donors (Lipinski definition) is 1. The second-order valence-corrected chi connectivity index (χ2v) is 8.50. The fraction of sp³-hybridized carbons (Fsp3) is 0.619. The van der Waals surface area contributed by atoms with Gasteiger partial charge in [-0.25, -0.2) is 9.48 Å². The second-order valence-electron chi connectivity index (χ2n) is 8.50. The maximum Gasteiger partial charge on any atom is 0.317 e. The first-order valence-electron chi connectivity index (χ1n) is 10.4. The lowest BCUT2D eigenvalue weighted by atomic mass is 9.86. The Hall–Kier alpha value is -2.48. The van der Waals surface area contributed by atoms with E-state index in [-0.39, 0.29) is 11.6 Å². The van der Waals surface area contributed by atoms with Crippen molar-refractivity contribution >= 4 is 6.03 Å². The summed E-state index contributed by atoms with van der Waals surface area (Å²) in [6, 6.07) is 9.94. The van der Waals surface area contributed by atoms with Crippen molar-refractivity contribution in [3.63, 3.8) is 0 Å². The molecule has 0 radical (unpaired) electrons. The molecule has 1 fully saturated rings. The van der Waals surface area contributed by atoms with Crippen molar-refractivity contribution in [1.82, 2.24) is 35.3 Å². The average molecular weight is 400 g/mol. The Bertz CT molecular complexity index is 789. The van der Waals surface area contributed by atoms with E-state index < -0.39 is 0 Å². The summed E-state index contributed by atoms with van der Waals surface area (Å²) in [5, 5.41) is 15.7. The van der Waals surface area contributed by atoms with Gasteiger partial charge in [0.25, 0.3) is 0 Å². The Morgan fingerprint density at radius 1 is 1.28 bits per heavy atom. The number of nitrogens with zero attached hydrogens (tertiary/aromatic N) is 6. The fourth-order valence-electron chi connectivity index (χ4n) is 3.91. The summed E-state index contributed by atoms with van der Waals surface area (Å²) in [6.07, 6.45) is 2.85. The number of carbonyl (C=O) groups is 1. The summed E-state index contributed by atoms with van der Waals surface area (Å²) < 4.78 is 1.92. The summed E-state index contributed by atoms with van der Waals surface area (Å²) in [7, 11) is 4.10. The zero-order valence-electron chi connectivity index (χ0n) is 18.0. The third-order valence-corrected chi connectivity index (χ3v) is 5.77. The Balaban J connectivity index is 1.74. The molecule has 0 saturated carbocycles. The Kier molecular flexibility index (Phi) is 6.84. The first-order chi connectivity index (χ1) is 13.9. The molecule has 2 aromatic rings.